The lowest BCUT2D eigenvalue weighted by Gasteiger charge is -2.34. The van der Waals surface area contributed by atoms with Crippen molar-refractivity contribution in [3.63, 3.8) is 0 Å². The molecule has 0 amide bonds. The van der Waals surface area contributed by atoms with Crippen molar-refractivity contribution in [3.8, 4) is 54.6 Å². The van der Waals surface area contributed by atoms with E-state index in [0.29, 0.717) is 0 Å². The molecule has 6 aromatic rings. The first-order valence-corrected chi connectivity index (χ1v) is 14.2. The van der Waals surface area contributed by atoms with Crippen LogP contribution in [-0.4, -0.2) is 0 Å². The van der Waals surface area contributed by atoms with E-state index in [0.717, 1.165) is 11.5 Å². The first kappa shape index (κ1) is 23.7. The van der Waals surface area contributed by atoms with Crippen molar-refractivity contribution < 1.29 is 4.74 Å². The molecule has 39 heavy (non-hydrogen) atoms. The van der Waals surface area contributed by atoms with Crippen molar-refractivity contribution in [3.05, 3.63) is 145 Å². The average molecular weight is 521 g/mol. The van der Waals surface area contributed by atoms with Crippen molar-refractivity contribution in [2.45, 2.75) is 19.3 Å². The minimum atomic E-state index is -0.0989. The van der Waals surface area contributed by atoms with Gasteiger partial charge in [-0.2, -0.15) is 0 Å². The molecule has 0 N–H and O–H groups in total. The quantitative estimate of drug-likeness (QED) is 0.225. The highest BCUT2D eigenvalue weighted by atomic mass is 32.1. The van der Waals surface area contributed by atoms with Crippen molar-refractivity contribution in [2.24, 2.45) is 0 Å². The van der Waals surface area contributed by atoms with Crippen molar-refractivity contribution in [1.82, 2.24) is 0 Å². The highest BCUT2D eigenvalue weighted by Crippen LogP contribution is 2.49. The van der Waals surface area contributed by atoms with E-state index < -0.39 is 0 Å². The molecule has 188 valence electrons. The van der Waals surface area contributed by atoms with Crippen LogP contribution in [0.2, 0.25) is 0 Å². The number of hydrogen-bond donors (Lipinski definition) is 0. The van der Waals surface area contributed by atoms with Crippen LogP contribution in [0.4, 0.5) is 0 Å². The summed E-state index contributed by atoms with van der Waals surface area (Å²) in [4.78, 5) is 2.50. The summed E-state index contributed by atoms with van der Waals surface area (Å²) in [5.41, 5.74) is 9.74. The number of hydrogen-bond acceptors (Lipinski definition) is 2. The molecule has 1 aliphatic rings. The zero-order valence-corrected chi connectivity index (χ0v) is 22.8. The Labute approximate surface area is 234 Å². The van der Waals surface area contributed by atoms with E-state index in [9.17, 15) is 0 Å². The Bertz CT molecular complexity index is 1790. The Morgan fingerprint density at radius 1 is 0.462 bits per heavy atom. The number of ether oxygens (including phenoxy) is 1. The zero-order valence-electron chi connectivity index (χ0n) is 22.0. The molecule has 1 aliphatic heterocycles. The first-order valence-electron chi connectivity index (χ1n) is 13.4. The number of rotatable bonds is 4. The van der Waals surface area contributed by atoms with E-state index in [1.807, 2.05) is 17.4 Å². The van der Waals surface area contributed by atoms with Gasteiger partial charge in [-0.15, -0.1) is 11.3 Å². The summed E-state index contributed by atoms with van der Waals surface area (Å²) in [6.07, 6.45) is 0. The molecule has 0 bridgehead atoms. The smallest absolute Gasteiger partial charge is 0.132 e. The summed E-state index contributed by atoms with van der Waals surface area (Å²) in [6.45, 7) is 4.55. The molecule has 0 atom stereocenters. The van der Waals surface area contributed by atoms with Gasteiger partial charge in [0.1, 0.15) is 11.5 Å². The van der Waals surface area contributed by atoms with Crippen LogP contribution in [0, 0.1) is 0 Å². The number of benzene rings is 5. The summed E-state index contributed by atoms with van der Waals surface area (Å²) < 4.78 is 6.39. The molecule has 2 heteroatoms. The van der Waals surface area contributed by atoms with Gasteiger partial charge in [0.2, 0.25) is 0 Å². The topological polar surface area (TPSA) is 9.23 Å². The van der Waals surface area contributed by atoms with E-state index in [4.69, 9.17) is 4.74 Å². The summed E-state index contributed by atoms with van der Waals surface area (Å²) in [5.74, 6) is 1.90. The maximum Gasteiger partial charge on any atom is 0.132 e. The molecule has 0 saturated carbocycles. The van der Waals surface area contributed by atoms with Gasteiger partial charge >= 0.3 is 0 Å². The number of thiophene rings is 1. The van der Waals surface area contributed by atoms with E-state index in [2.05, 4.69) is 141 Å². The van der Waals surface area contributed by atoms with Crippen LogP contribution >= 0.6 is 11.3 Å². The van der Waals surface area contributed by atoms with Gasteiger partial charge in [-0.3, -0.25) is 0 Å². The number of fused-ring (bicyclic) bond motifs is 2. The molecule has 0 unspecified atom stereocenters. The molecule has 5 aromatic carbocycles. The predicted octanol–water partition coefficient (Wildman–Crippen LogP) is 10.8. The number of para-hydroxylation sites is 1. The summed E-state index contributed by atoms with van der Waals surface area (Å²) >= 11 is 1.83. The molecular weight excluding hydrogens is 492 g/mol. The van der Waals surface area contributed by atoms with E-state index in [1.165, 1.54) is 54.3 Å². The molecule has 0 fully saturated rings. The van der Waals surface area contributed by atoms with Crippen LogP contribution in [0.3, 0.4) is 0 Å². The van der Waals surface area contributed by atoms with Gasteiger partial charge in [-0.05, 0) is 57.6 Å². The lowest BCUT2D eigenvalue weighted by atomic mass is 9.75. The standard InChI is InChI=1S/C37H28OS/c1-37(2)31-14-8-9-15-33(31)38-34-24-28(20-21-32(34)37)35-22-23-36(39-35)30-13-7-6-12-29(30)27-18-16-26(17-19-27)25-10-4-3-5-11-25/h3-24H,1-2H3. The van der Waals surface area contributed by atoms with Crippen molar-refractivity contribution in [2.75, 3.05) is 0 Å². The third-order valence-corrected chi connectivity index (χ3v) is 8.99. The fourth-order valence-electron chi connectivity index (χ4n) is 5.67. The Morgan fingerprint density at radius 3 is 1.87 bits per heavy atom. The van der Waals surface area contributed by atoms with Crippen LogP contribution in [0.15, 0.2) is 133 Å². The summed E-state index contributed by atoms with van der Waals surface area (Å²) in [6, 6.07) is 47.7. The van der Waals surface area contributed by atoms with Crippen LogP contribution < -0.4 is 4.74 Å². The third kappa shape index (κ3) is 4.18. The van der Waals surface area contributed by atoms with Gasteiger partial charge in [-0.1, -0.05) is 123 Å². The SMILES string of the molecule is CC1(C)c2ccccc2Oc2cc(-c3ccc(-c4ccccc4-c4ccc(-c5ccccc5)cc4)s3)ccc21. The van der Waals surface area contributed by atoms with Crippen molar-refractivity contribution in [1.29, 1.82) is 0 Å². The maximum absolute atomic E-state index is 6.39. The highest BCUT2D eigenvalue weighted by Gasteiger charge is 2.34. The molecule has 0 saturated heterocycles. The second-order valence-electron chi connectivity index (χ2n) is 10.6. The molecule has 2 heterocycles. The third-order valence-electron chi connectivity index (χ3n) is 7.82. The van der Waals surface area contributed by atoms with Crippen LogP contribution in [0.5, 0.6) is 11.5 Å². The Hall–Kier alpha value is -4.40. The average Bonchev–Trinajstić information content (AvgIpc) is 3.48. The second kappa shape index (κ2) is 9.41. The lowest BCUT2D eigenvalue weighted by Crippen LogP contribution is -2.24. The predicted molar refractivity (Wildman–Crippen MR) is 165 cm³/mol. The van der Waals surface area contributed by atoms with Gasteiger partial charge in [0, 0.05) is 26.3 Å². The van der Waals surface area contributed by atoms with E-state index >= 15 is 0 Å². The van der Waals surface area contributed by atoms with Gasteiger partial charge < -0.3 is 4.74 Å². The monoisotopic (exact) mass is 520 g/mol. The minimum Gasteiger partial charge on any atom is -0.457 e. The van der Waals surface area contributed by atoms with Crippen LogP contribution in [0.25, 0.3) is 43.1 Å². The fourth-order valence-corrected chi connectivity index (χ4v) is 6.71. The molecule has 0 aliphatic carbocycles. The van der Waals surface area contributed by atoms with E-state index in [1.54, 1.807) is 0 Å². The largest absolute Gasteiger partial charge is 0.457 e. The first-order chi connectivity index (χ1) is 19.1. The molecule has 1 nitrogen and oxygen atoms in total. The maximum atomic E-state index is 6.39. The summed E-state index contributed by atoms with van der Waals surface area (Å²) in [7, 11) is 0. The van der Waals surface area contributed by atoms with Crippen molar-refractivity contribution >= 4 is 11.3 Å². The molecule has 7 rings (SSSR count). The Balaban J connectivity index is 1.22. The molecule has 0 radical (unpaired) electrons. The van der Waals surface area contributed by atoms with Gasteiger partial charge in [-0.25, -0.2) is 0 Å². The van der Waals surface area contributed by atoms with Crippen LogP contribution in [-0.2, 0) is 5.41 Å². The van der Waals surface area contributed by atoms with Gasteiger partial charge in [0.25, 0.3) is 0 Å². The van der Waals surface area contributed by atoms with Crippen LogP contribution in [0.1, 0.15) is 25.0 Å². The lowest BCUT2D eigenvalue weighted by molar-refractivity contribution is 0.418. The van der Waals surface area contributed by atoms with Gasteiger partial charge in [0.15, 0.2) is 0 Å². The second-order valence-corrected chi connectivity index (χ2v) is 11.7. The summed E-state index contributed by atoms with van der Waals surface area (Å²) in [5, 5.41) is 0. The van der Waals surface area contributed by atoms with Gasteiger partial charge in [0.05, 0.1) is 0 Å². The molecular formula is C37H28OS. The Morgan fingerprint density at radius 2 is 1.05 bits per heavy atom. The molecule has 0 spiro atoms. The minimum absolute atomic E-state index is 0.0989. The fraction of sp³-hybridized carbons (Fsp3) is 0.0811. The Kier molecular flexibility index (Phi) is 5.72. The zero-order chi connectivity index (χ0) is 26.4. The van der Waals surface area contributed by atoms with E-state index in [-0.39, 0.29) is 5.41 Å². The molecule has 1 aromatic heterocycles. The highest BCUT2D eigenvalue weighted by molar-refractivity contribution is 7.18. The normalized spacial score (nSPS) is 13.3.